The normalized spacial score (nSPS) is 16.8. The van der Waals surface area contributed by atoms with Crippen LogP contribution in [0.1, 0.15) is 21.7 Å². The van der Waals surface area contributed by atoms with Gasteiger partial charge in [0, 0.05) is 49.6 Å². The van der Waals surface area contributed by atoms with Crippen molar-refractivity contribution in [2.45, 2.75) is 17.6 Å². The molecule has 0 saturated carbocycles. The third-order valence-electron chi connectivity index (χ3n) is 4.39. The molecule has 0 N–H and O–H groups in total. The Morgan fingerprint density at radius 3 is 2.32 bits per heavy atom. The molecule has 0 aliphatic carbocycles. The van der Waals surface area contributed by atoms with Crippen LogP contribution in [-0.2, 0) is 10.0 Å². The summed E-state index contributed by atoms with van der Waals surface area (Å²) in [5.41, 5.74) is 0.733. The molecule has 0 bridgehead atoms. The minimum absolute atomic E-state index is 0.129. The number of nitrogens with zero attached hydrogens (tertiary/aromatic N) is 2. The summed E-state index contributed by atoms with van der Waals surface area (Å²) < 4.78 is 27.2. The average molecular weight is 379 g/mol. The molecule has 25 heavy (non-hydrogen) atoms. The zero-order valence-electron chi connectivity index (χ0n) is 14.2. The summed E-state index contributed by atoms with van der Waals surface area (Å²) in [6.45, 7) is 4.83. The van der Waals surface area contributed by atoms with E-state index in [4.69, 9.17) is 0 Å². The van der Waals surface area contributed by atoms with Crippen LogP contribution in [0.5, 0.6) is 0 Å². The van der Waals surface area contributed by atoms with E-state index in [0.717, 1.165) is 10.4 Å². The maximum Gasteiger partial charge on any atom is 0.252 e. The van der Waals surface area contributed by atoms with Crippen LogP contribution >= 0.6 is 11.3 Å². The molecule has 5 nitrogen and oxygen atoms in total. The van der Waals surface area contributed by atoms with Gasteiger partial charge in [-0.15, -0.1) is 11.3 Å². The Kier molecular flexibility index (Phi) is 5.68. The van der Waals surface area contributed by atoms with Gasteiger partial charge in [-0.25, -0.2) is 8.42 Å². The highest BCUT2D eigenvalue weighted by Gasteiger charge is 2.29. The molecule has 0 unspecified atom stereocenters. The molecule has 0 atom stereocenters. The van der Waals surface area contributed by atoms with E-state index in [1.54, 1.807) is 10.4 Å². The molecule has 0 radical (unpaired) electrons. The molecule has 2 aromatic rings. The number of hydrogen-bond donors (Lipinski definition) is 0. The van der Waals surface area contributed by atoms with Crippen LogP contribution < -0.4 is 0 Å². The van der Waals surface area contributed by atoms with E-state index < -0.39 is 10.0 Å². The van der Waals surface area contributed by atoms with Gasteiger partial charge >= 0.3 is 0 Å². The van der Waals surface area contributed by atoms with Crippen LogP contribution in [0, 0.1) is 6.92 Å². The Morgan fingerprint density at radius 2 is 1.72 bits per heavy atom. The van der Waals surface area contributed by atoms with Gasteiger partial charge < -0.3 is 4.90 Å². The highest BCUT2D eigenvalue weighted by Crippen LogP contribution is 2.25. The van der Waals surface area contributed by atoms with Crippen LogP contribution in [-0.4, -0.2) is 56.1 Å². The topological polar surface area (TPSA) is 57.7 Å². The number of piperazine rings is 1. The van der Waals surface area contributed by atoms with Crippen LogP contribution in [0.4, 0.5) is 0 Å². The fourth-order valence-corrected chi connectivity index (χ4v) is 5.76. The van der Waals surface area contributed by atoms with Gasteiger partial charge in [-0.05, 0) is 19.1 Å². The molecule has 1 saturated heterocycles. The number of benzene rings is 1. The zero-order chi connectivity index (χ0) is 17.9. The quantitative estimate of drug-likeness (QED) is 0.725. The molecule has 134 valence electrons. The number of hydrogen-bond acceptors (Lipinski definition) is 5. The molecule has 0 amide bonds. The first-order chi connectivity index (χ1) is 12.0. The largest absolute Gasteiger partial charge is 0.300 e. The monoisotopic (exact) mass is 378 g/mol. The van der Waals surface area contributed by atoms with Gasteiger partial charge in [-0.1, -0.05) is 30.3 Å². The van der Waals surface area contributed by atoms with Crippen molar-refractivity contribution < 1.29 is 13.2 Å². The molecule has 7 heteroatoms. The fraction of sp³-hybridized carbons (Fsp3) is 0.389. The lowest BCUT2D eigenvalue weighted by molar-refractivity contribution is 0.0952. The van der Waals surface area contributed by atoms with E-state index in [-0.39, 0.29) is 5.78 Å². The number of aryl methyl sites for hydroxylation is 1. The van der Waals surface area contributed by atoms with E-state index in [1.807, 2.05) is 43.3 Å². The number of sulfonamides is 1. The Balaban J connectivity index is 1.51. The van der Waals surface area contributed by atoms with Crippen molar-refractivity contribution in [2.24, 2.45) is 0 Å². The van der Waals surface area contributed by atoms with E-state index in [1.165, 1.54) is 11.3 Å². The van der Waals surface area contributed by atoms with Crippen molar-refractivity contribution in [3.8, 4) is 0 Å². The van der Waals surface area contributed by atoms with Gasteiger partial charge in [0.1, 0.15) is 4.21 Å². The smallest absolute Gasteiger partial charge is 0.252 e. The minimum Gasteiger partial charge on any atom is -0.300 e. The lowest BCUT2D eigenvalue weighted by Crippen LogP contribution is -2.48. The van der Waals surface area contributed by atoms with Crippen LogP contribution in [0.15, 0.2) is 46.7 Å². The number of rotatable bonds is 6. The van der Waals surface area contributed by atoms with Crippen LogP contribution in [0.25, 0.3) is 0 Å². The van der Waals surface area contributed by atoms with Crippen molar-refractivity contribution in [1.82, 2.24) is 9.21 Å². The second-order valence-electron chi connectivity index (χ2n) is 6.15. The Hall–Kier alpha value is -1.54. The minimum atomic E-state index is -3.38. The highest BCUT2D eigenvalue weighted by molar-refractivity contribution is 7.91. The van der Waals surface area contributed by atoms with Gasteiger partial charge in [-0.3, -0.25) is 4.79 Å². The van der Waals surface area contributed by atoms with E-state index >= 15 is 0 Å². The SMILES string of the molecule is Cc1ccc(S(=O)(=O)N2CCN(CCC(=O)c3ccccc3)CC2)s1. The third kappa shape index (κ3) is 4.36. The Labute approximate surface area is 152 Å². The fourth-order valence-electron chi connectivity index (χ4n) is 2.90. The molecule has 1 aromatic carbocycles. The van der Waals surface area contributed by atoms with Crippen molar-refractivity contribution in [3.63, 3.8) is 0 Å². The van der Waals surface area contributed by atoms with Crippen LogP contribution in [0.2, 0.25) is 0 Å². The number of thiophene rings is 1. The molecular weight excluding hydrogens is 356 g/mol. The molecule has 1 aromatic heterocycles. The molecule has 3 rings (SSSR count). The number of carbonyl (C=O) groups excluding carboxylic acids is 1. The standard InChI is InChI=1S/C18H22N2O3S2/c1-15-7-8-18(24-15)25(22,23)20-13-11-19(12-14-20)10-9-17(21)16-5-3-2-4-6-16/h2-8H,9-14H2,1H3. The van der Waals surface area contributed by atoms with E-state index in [2.05, 4.69) is 4.90 Å². The Morgan fingerprint density at radius 1 is 1.04 bits per heavy atom. The third-order valence-corrected chi connectivity index (χ3v) is 7.76. The van der Waals surface area contributed by atoms with Crippen molar-refractivity contribution in [3.05, 3.63) is 52.9 Å². The maximum atomic E-state index is 12.6. The summed E-state index contributed by atoms with van der Waals surface area (Å²) in [5, 5.41) is 0. The predicted molar refractivity (Wildman–Crippen MR) is 99.6 cm³/mol. The molecular formula is C18H22N2O3S2. The second kappa shape index (κ2) is 7.78. The van der Waals surface area contributed by atoms with Gasteiger partial charge in [0.05, 0.1) is 0 Å². The summed E-state index contributed by atoms with van der Waals surface area (Å²) in [4.78, 5) is 15.3. The summed E-state index contributed by atoms with van der Waals surface area (Å²) in [6.07, 6.45) is 0.459. The predicted octanol–water partition coefficient (Wildman–Crippen LogP) is 2.64. The van der Waals surface area contributed by atoms with E-state index in [0.29, 0.717) is 43.4 Å². The number of ketones is 1. The van der Waals surface area contributed by atoms with Gasteiger partial charge in [0.25, 0.3) is 10.0 Å². The Bertz CT molecular complexity index is 823. The summed E-state index contributed by atoms with van der Waals surface area (Å²) >= 11 is 1.31. The van der Waals surface area contributed by atoms with Crippen molar-refractivity contribution >= 4 is 27.1 Å². The lowest BCUT2D eigenvalue weighted by Gasteiger charge is -2.33. The van der Waals surface area contributed by atoms with Gasteiger partial charge in [0.15, 0.2) is 5.78 Å². The van der Waals surface area contributed by atoms with Crippen LogP contribution in [0.3, 0.4) is 0 Å². The molecule has 0 spiro atoms. The summed E-state index contributed by atoms with van der Waals surface area (Å²) in [5.74, 6) is 0.129. The zero-order valence-corrected chi connectivity index (χ0v) is 15.9. The first kappa shape index (κ1) is 18.3. The summed E-state index contributed by atoms with van der Waals surface area (Å²) in [7, 11) is -3.38. The van der Waals surface area contributed by atoms with E-state index in [9.17, 15) is 13.2 Å². The van der Waals surface area contributed by atoms with Gasteiger partial charge in [0.2, 0.25) is 0 Å². The number of Topliss-reactive ketones (excluding diaryl/α,β-unsaturated/α-hetero) is 1. The highest BCUT2D eigenvalue weighted by atomic mass is 32.2. The maximum absolute atomic E-state index is 12.6. The molecule has 1 aliphatic rings. The lowest BCUT2D eigenvalue weighted by atomic mass is 10.1. The molecule has 1 aliphatic heterocycles. The molecule has 1 fully saturated rings. The number of carbonyl (C=O) groups is 1. The van der Waals surface area contributed by atoms with Gasteiger partial charge in [-0.2, -0.15) is 4.31 Å². The first-order valence-electron chi connectivity index (χ1n) is 8.34. The van der Waals surface area contributed by atoms with Crippen molar-refractivity contribution in [1.29, 1.82) is 0 Å². The average Bonchev–Trinajstić information content (AvgIpc) is 3.08. The van der Waals surface area contributed by atoms with Crippen molar-refractivity contribution in [2.75, 3.05) is 32.7 Å². The first-order valence-corrected chi connectivity index (χ1v) is 10.6. The molecule has 2 heterocycles. The second-order valence-corrected chi connectivity index (χ2v) is 9.60. The summed E-state index contributed by atoms with van der Waals surface area (Å²) in [6, 6.07) is 12.8.